The van der Waals surface area contributed by atoms with Crippen LogP contribution >= 0.6 is 46.2 Å². The zero-order valence-electron chi connectivity index (χ0n) is 44.5. The zero-order valence-corrected chi connectivity index (χ0v) is 48.6. The monoisotopic (exact) mass is 1300 g/mol. The summed E-state index contributed by atoms with van der Waals surface area (Å²) in [5, 5.41) is 44.9. The molecule has 40 heteroatoms. The number of pyridine rings is 2. The number of nitrogens with one attached hydrogen (secondary N) is 2. The van der Waals surface area contributed by atoms with Gasteiger partial charge in [-0.05, 0) is 0 Å². The number of hydrogen-bond acceptors (Lipinski definition) is 25. The van der Waals surface area contributed by atoms with Gasteiger partial charge in [0.2, 0.25) is 0 Å². The normalized spacial score (nSPS) is 18.5. The number of oxime groups is 2. The lowest BCUT2D eigenvalue weighted by Crippen LogP contribution is -2.73. The van der Waals surface area contributed by atoms with E-state index in [2.05, 4.69) is 30.9 Å². The summed E-state index contributed by atoms with van der Waals surface area (Å²) in [6, 6.07) is 4.90. The molecule has 29 nitrogen and oxygen atoms in total. The van der Waals surface area contributed by atoms with Gasteiger partial charge in [-0.3, -0.25) is 29.0 Å². The Kier molecular flexibility index (Phi) is 22.2. The maximum absolute atomic E-state index is 13.0. The number of rotatable bonds is 16. The molecule has 460 valence electrons. The second-order valence-electron chi connectivity index (χ2n) is 17.5. The molecule has 8 heterocycles. The summed E-state index contributed by atoms with van der Waals surface area (Å²) in [5.41, 5.74) is 7.73. The van der Waals surface area contributed by atoms with Gasteiger partial charge in [-0.25, -0.2) is 28.0 Å². The Morgan fingerprint density at radius 3 is 1.27 bits per heavy atom. The number of alkyl halides is 6. The molecule has 0 saturated carbocycles. The molecular weight excluding hydrogens is 1250 g/mol. The number of thioether (sulfide) groups is 2. The fraction of sp³-hybridized carbons (Fsp3) is 0.356. The maximum atomic E-state index is 13.0. The van der Waals surface area contributed by atoms with Gasteiger partial charge in [0.25, 0.3) is 23.6 Å². The van der Waals surface area contributed by atoms with Gasteiger partial charge in [0, 0.05) is 86.1 Å². The Labute approximate surface area is 493 Å². The van der Waals surface area contributed by atoms with Crippen molar-refractivity contribution in [1.29, 1.82) is 0 Å². The highest BCUT2D eigenvalue weighted by molar-refractivity contribution is 8.03. The van der Waals surface area contributed by atoms with Crippen LogP contribution in [0, 0.1) is 0 Å². The number of carboxylic acids is 3. The third kappa shape index (κ3) is 16.7. The average Bonchev–Trinajstić information content (AvgIpc) is 1.14. The quantitative estimate of drug-likeness (QED) is 0.0150. The van der Waals surface area contributed by atoms with E-state index in [-0.39, 0.29) is 44.5 Å². The predicted octanol–water partition coefficient (Wildman–Crippen LogP) is -0.914. The van der Waals surface area contributed by atoms with Crippen LogP contribution in [-0.2, 0) is 66.4 Å². The number of carbonyl (C=O) groups is 7. The van der Waals surface area contributed by atoms with Crippen LogP contribution in [0.3, 0.4) is 0 Å². The Hall–Kier alpha value is -8.34. The lowest BCUT2D eigenvalue weighted by molar-refractivity contribution is -0.687. The van der Waals surface area contributed by atoms with E-state index in [9.17, 15) is 65.3 Å². The molecule has 4 aliphatic rings. The topological polar surface area (TPSA) is 406 Å². The van der Waals surface area contributed by atoms with Crippen molar-refractivity contribution in [2.75, 3.05) is 75.2 Å². The van der Waals surface area contributed by atoms with Crippen LogP contribution in [0.5, 0.6) is 0 Å². The van der Waals surface area contributed by atoms with Crippen LogP contribution in [0.15, 0.2) is 91.3 Å². The van der Waals surface area contributed by atoms with Gasteiger partial charge in [-0.1, -0.05) is 10.3 Å². The summed E-state index contributed by atoms with van der Waals surface area (Å²) in [4.78, 5) is 110. The number of anilines is 4. The Balaban J connectivity index is 0.000000250. The first-order valence-electron chi connectivity index (χ1n) is 23.4. The van der Waals surface area contributed by atoms with Crippen molar-refractivity contribution in [2.24, 2.45) is 10.3 Å². The SMILES string of the molecule is CON=C(C(=O)NC1C(=O)N2C(C(=O)O)=C(C[n+]3ccc(N(C)C)cc3)SCC12)c1csc(N)n1.CON=C(C(=O)NC1C(=O)N2C(C(=O)O)=C(C[n+]3ccc(N(C)C)cc3)SCC12)c1csc(N)n1.O=C([O-])C(F)(F)F.O=S(=O)([O-])C(F)(F)F. The molecule has 85 heavy (non-hydrogen) atoms. The van der Waals surface area contributed by atoms with Gasteiger partial charge in [-0.2, -0.15) is 35.5 Å². The summed E-state index contributed by atoms with van der Waals surface area (Å²) in [6.07, 6.45) is 2.24. The third-order valence-electron chi connectivity index (χ3n) is 11.6. The molecule has 4 atom stereocenters. The summed E-state index contributed by atoms with van der Waals surface area (Å²) in [5.74, 6) is -6.86. The fourth-order valence-corrected chi connectivity index (χ4v) is 11.3. The maximum Gasteiger partial charge on any atom is 0.485 e. The standard InChI is InChI=1S/2C21H23N7O5S2.C2HF3O2.CHF3O3S/c2*1-26(2)11-4-6-27(7-5-11)8-14-17(20(31)32)28-13(10-34-14)16(19(28)30)24-18(29)15(25-33-3)12-9-35-21(22)23-12;3-2(4,5)1(6)7;2-1(3,4)8(5,6)7/h2*4-7,9,13,16H,8,10H2,1-3H3,(H3-,22,23,24,29,31,32);(H,6,7);(H,5,6,7). The minimum absolute atomic E-state index is 0.0657. The molecule has 4 unspecified atom stereocenters. The number of aliphatic carboxylic acids is 3. The van der Waals surface area contributed by atoms with E-state index in [0.29, 0.717) is 34.4 Å². The number of nitrogen functional groups attached to an aromatic ring is 2. The molecule has 8 N–H and O–H groups in total. The van der Waals surface area contributed by atoms with Crippen molar-refractivity contribution < 1.29 is 107 Å². The highest BCUT2D eigenvalue weighted by atomic mass is 32.2. The van der Waals surface area contributed by atoms with E-state index in [1.54, 1.807) is 10.8 Å². The number of halogens is 6. The molecule has 0 aromatic carbocycles. The van der Waals surface area contributed by atoms with Crippen LogP contribution in [0.2, 0.25) is 0 Å². The minimum atomic E-state index is -6.09. The molecule has 8 rings (SSSR count). The highest BCUT2D eigenvalue weighted by Crippen LogP contribution is 2.41. The smallest absolute Gasteiger partial charge is 0.485 e. The van der Waals surface area contributed by atoms with Crippen LogP contribution in [0.1, 0.15) is 11.4 Å². The number of aromatic nitrogens is 4. The molecular formula is C45H48F6N14O15S5. The second kappa shape index (κ2) is 28.0. The summed E-state index contributed by atoms with van der Waals surface area (Å²) in [6.45, 7) is 0.618. The van der Waals surface area contributed by atoms with E-state index in [4.69, 9.17) is 44.0 Å². The van der Waals surface area contributed by atoms with E-state index in [1.165, 1.54) is 47.5 Å². The molecule has 4 aliphatic heterocycles. The molecule has 4 aromatic heterocycles. The number of hydrogen-bond donors (Lipinski definition) is 6. The lowest BCUT2D eigenvalue weighted by atomic mass is 9.94. The van der Waals surface area contributed by atoms with E-state index in [0.717, 1.165) is 34.0 Å². The molecule has 0 spiro atoms. The lowest BCUT2D eigenvalue weighted by Gasteiger charge is -2.49. The minimum Gasteiger partial charge on any atom is -0.741 e. The van der Waals surface area contributed by atoms with Crippen LogP contribution in [-0.4, -0.2) is 186 Å². The van der Waals surface area contributed by atoms with Crippen molar-refractivity contribution >= 4 is 131 Å². The Morgan fingerprint density at radius 1 is 0.718 bits per heavy atom. The van der Waals surface area contributed by atoms with E-state index in [1.807, 2.05) is 96.2 Å². The van der Waals surface area contributed by atoms with Gasteiger partial charge in [0.1, 0.15) is 55.1 Å². The number of nitrogens with zero attached hydrogens (tertiary/aromatic N) is 10. The van der Waals surface area contributed by atoms with E-state index < -0.39 is 87.5 Å². The largest absolute Gasteiger partial charge is 0.741 e. The molecule has 2 saturated heterocycles. The Bertz CT molecular complexity index is 3240. The third-order valence-corrected chi connectivity index (χ3v) is 15.8. The van der Waals surface area contributed by atoms with Crippen molar-refractivity contribution in [3.05, 3.63) is 92.4 Å². The number of fused-ring (bicyclic) bond motifs is 2. The first-order chi connectivity index (χ1) is 39.6. The van der Waals surface area contributed by atoms with Crippen LogP contribution in [0.4, 0.5) is 48.0 Å². The molecule has 4 aromatic rings. The van der Waals surface area contributed by atoms with Gasteiger partial charge in [0.05, 0.1) is 21.9 Å². The molecule has 2 fully saturated rings. The van der Waals surface area contributed by atoms with Gasteiger partial charge in [-0.15, -0.1) is 46.2 Å². The number of carboxylic acid groups (broad SMARTS) is 3. The Morgan fingerprint density at radius 2 is 1.04 bits per heavy atom. The number of thiazole rings is 2. The number of carbonyl (C=O) groups excluding carboxylic acids is 5. The number of allylic oxidation sites excluding steroid dienone is 2. The predicted molar refractivity (Wildman–Crippen MR) is 288 cm³/mol. The van der Waals surface area contributed by atoms with E-state index >= 15 is 0 Å². The fourth-order valence-electron chi connectivity index (χ4n) is 7.60. The van der Waals surface area contributed by atoms with Gasteiger partial charge in [0.15, 0.2) is 69.7 Å². The summed E-state index contributed by atoms with van der Waals surface area (Å²) in [7, 11) is 4.22. The van der Waals surface area contributed by atoms with Crippen molar-refractivity contribution in [1.82, 2.24) is 30.4 Å². The average molecular weight is 1300 g/mol. The molecule has 0 aliphatic carbocycles. The number of nitrogens with two attached hydrogens (primary N) is 2. The summed E-state index contributed by atoms with van der Waals surface area (Å²) < 4.78 is 94.2. The van der Waals surface area contributed by atoms with Crippen molar-refractivity contribution in [2.45, 2.75) is 48.9 Å². The van der Waals surface area contributed by atoms with Crippen molar-refractivity contribution in [3.8, 4) is 0 Å². The first-order valence-corrected chi connectivity index (χ1v) is 28.5. The zero-order chi connectivity index (χ0) is 63.6. The summed E-state index contributed by atoms with van der Waals surface area (Å²) >= 11 is 4.99. The van der Waals surface area contributed by atoms with Gasteiger partial charge < -0.3 is 66.2 Å². The number of amides is 4. The first kappa shape index (κ1) is 67.5. The second-order valence-corrected chi connectivity index (χ2v) is 22.9. The molecule has 0 radical (unpaired) electrons. The molecule has 0 bridgehead atoms. The number of β-lactam (4-membered cyclic amide) rings is 2. The van der Waals surface area contributed by atoms with Crippen LogP contribution in [0.25, 0.3) is 0 Å². The van der Waals surface area contributed by atoms with Crippen LogP contribution < -0.4 is 46.1 Å². The van der Waals surface area contributed by atoms with Gasteiger partial charge >= 0.3 is 23.6 Å². The van der Waals surface area contributed by atoms with Crippen molar-refractivity contribution in [3.63, 3.8) is 0 Å². The highest BCUT2D eigenvalue weighted by Gasteiger charge is 2.56. The molecule has 4 amide bonds.